The summed E-state index contributed by atoms with van der Waals surface area (Å²) in [6.07, 6.45) is 0.513. The zero-order valence-corrected chi connectivity index (χ0v) is 16.6. The summed E-state index contributed by atoms with van der Waals surface area (Å²) in [5.74, 6) is -0.168. The van der Waals surface area contributed by atoms with E-state index in [1.165, 1.54) is 0 Å². The van der Waals surface area contributed by atoms with E-state index in [2.05, 4.69) is 5.10 Å². The van der Waals surface area contributed by atoms with Crippen molar-refractivity contribution in [3.8, 4) is 11.3 Å². The highest BCUT2D eigenvalue weighted by atomic mass is 35.5. The molecular formula is C22H22ClN3O2. The molecule has 0 aliphatic carbocycles. The molecule has 0 radical (unpaired) electrons. The largest absolute Gasteiger partial charge is 0.383 e. The summed E-state index contributed by atoms with van der Waals surface area (Å²) in [6, 6.07) is 17.0. The number of amides is 1. The van der Waals surface area contributed by atoms with Gasteiger partial charge in [-0.3, -0.25) is 9.48 Å². The lowest BCUT2D eigenvalue weighted by atomic mass is 9.92. The maximum atomic E-state index is 13.0. The predicted molar refractivity (Wildman–Crippen MR) is 109 cm³/mol. The fourth-order valence-corrected chi connectivity index (χ4v) is 3.82. The minimum atomic E-state index is -1.02. The number of rotatable bonds is 3. The summed E-state index contributed by atoms with van der Waals surface area (Å²) in [5.41, 5.74) is 3.12. The maximum absolute atomic E-state index is 13.0. The zero-order chi connectivity index (χ0) is 19.9. The molecule has 0 saturated carbocycles. The first-order valence-corrected chi connectivity index (χ1v) is 9.62. The highest BCUT2D eigenvalue weighted by Gasteiger charge is 2.40. The van der Waals surface area contributed by atoms with Crippen LogP contribution in [0.5, 0.6) is 0 Å². The molecule has 6 heteroatoms. The van der Waals surface area contributed by atoms with Crippen LogP contribution in [0.15, 0.2) is 54.6 Å². The predicted octanol–water partition coefficient (Wildman–Crippen LogP) is 3.78. The second-order valence-electron chi connectivity index (χ2n) is 7.42. The van der Waals surface area contributed by atoms with E-state index in [0.29, 0.717) is 23.7 Å². The first-order chi connectivity index (χ1) is 13.4. The maximum Gasteiger partial charge on any atom is 0.274 e. The van der Waals surface area contributed by atoms with Crippen molar-refractivity contribution in [2.24, 2.45) is 7.05 Å². The third-order valence-corrected chi connectivity index (χ3v) is 5.61. The van der Waals surface area contributed by atoms with Gasteiger partial charge in [0.1, 0.15) is 5.60 Å². The quantitative estimate of drug-likeness (QED) is 0.734. The minimum absolute atomic E-state index is 0.168. The monoisotopic (exact) mass is 395 g/mol. The summed E-state index contributed by atoms with van der Waals surface area (Å²) in [7, 11) is 1.81. The average molecular weight is 396 g/mol. The van der Waals surface area contributed by atoms with E-state index in [-0.39, 0.29) is 12.5 Å². The van der Waals surface area contributed by atoms with Crippen molar-refractivity contribution < 1.29 is 9.90 Å². The third kappa shape index (κ3) is 3.43. The number of aromatic nitrogens is 2. The third-order valence-electron chi connectivity index (χ3n) is 5.36. The molecule has 4 rings (SSSR count). The molecule has 3 aromatic rings. The summed E-state index contributed by atoms with van der Waals surface area (Å²) in [6.45, 7) is 2.77. The van der Waals surface area contributed by atoms with Gasteiger partial charge in [0.2, 0.25) is 0 Å². The van der Waals surface area contributed by atoms with Crippen molar-refractivity contribution >= 4 is 17.5 Å². The standard InChI is InChI=1S/C22H22ClN3O2/c1-15-3-7-17(8-4-15)22(28)11-12-26(14-22)21(27)19-13-20(25(2)24-19)16-5-9-18(23)10-6-16/h3-10,13,28H,11-12,14H2,1-2H3/t22-/m1/s1. The molecule has 0 spiro atoms. The number of halogens is 1. The fraction of sp³-hybridized carbons (Fsp3) is 0.273. The van der Waals surface area contributed by atoms with Gasteiger partial charge in [-0.1, -0.05) is 53.6 Å². The van der Waals surface area contributed by atoms with E-state index in [1.807, 2.05) is 62.5 Å². The molecule has 1 fully saturated rings. The number of β-amino-alcohol motifs (C(OH)–C–C–N with tert-alkyl or cyclic N) is 1. The van der Waals surface area contributed by atoms with E-state index in [4.69, 9.17) is 11.6 Å². The molecule has 1 aliphatic rings. The molecular weight excluding hydrogens is 374 g/mol. The van der Waals surface area contributed by atoms with Crippen molar-refractivity contribution in [1.29, 1.82) is 0 Å². The Bertz CT molecular complexity index is 1010. The average Bonchev–Trinajstić information content (AvgIpc) is 3.26. The number of carbonyl (C=O) groups excluding carboxylic acids is 1. The Morgan fingerprint density at radius 1 is 1.14 bits per heavy atom. The van der Waals surface area contributed by atoms with Crippen molar-refractivity contribution in [2.45, 2.75) is 18.9 Å². The Balaban J connectivity index is 1.55. The van der Waals surface area contributed by atoms with Crippen LogP contribution >= 0.6 is 11.6 Å². The molecule has 1 amide bonds. The molecule has 5 nitrogen and oxygen atoms in total. The molecule has 144 valence electrons. The van der Waals surface area contributed by atoms with Gasteiger partial charge in [0.25, 0.3) is 5.91 Å². The van der Waals surface area contributed by atoms with Crippen molar-refractivity contribution in [1.82, 2.24) is 14.7 Å². The summed E-state index contributed by atoms with van der Waals surface area (Å²) >= 11 is 5.96. The Morgan fingerprint density at radius 2 is 1.82 bits per heavy atom. The topological polar surface area (TPSA) is 58.4 Å². The number of hydrogen-bond donors (Lipinski definition) is 1. The van der Waals surface area contributed by atoms with Crippen LogP contribution < -0.4 is 0 Å². The van der Waals surface area contributed by atoms with Crippen LogP contribution in [-0.4, -0.2) is 38.8 Å². The summed E-state index contributed by atoms with van der Waals surface area (Å²) in [4.78, 5) is 14.7. The molecule has 28 heavy (non-hydrogen) atoms. The Labute approximate surface area is 169 Å². The molecule has 0 unspecified atom stereocenters. The van der Waals surface area contributed by atoms with Crippen LogP contribution in [0, 0.1) is 6.92 Å². The van der Waals surface area contributed by atoms with E-state index in [9.17, 15) is 9.90 Å². The van der Waals surface area contributed by atoms with Crippen LogP contribution in [0.2, 0.25) is 5.02 Å². The van der Waals surface area contributed by atoms with E-state index in [0.717, 1.165) is 22.4 Å². The Kier molecular flexibility index (Phi) is 4.73. The minimum Gasteiger partial charge on any atom is -0.383 e. The smallest absolute Gasteiger partial charge is 0.274 e. The summed E-state index contributed by atoms with van der Waals surface area (Å²) in [5, 5.41) is 16.1. The lowest BCUT2D eigenvalue weighted by Crippen LogP contribution is -2.34. The van der Waals surface area contributed by atoms with Crippen LogP contribution in [0.25, 0.3) is 11.3 Å². The van der Waals surface area contributed by atoms with Gasteiger partial charge in [0, 0.05) is 18.6 Å². The molecule has 2 heterocycles. The van der Waals surface area contributed by atoms with Gasteiger partial charge in [-0.2, -0.15) is 5.10 Å². The number of aryl methyl sites for hydroxylation is 2. The van der Waals surface area contributed by atoms with Crippen LogP contribution in [-0.2, 0) is 12.6 Å². The van der Waals surface area contributed by atoms with Gasteiger partial charge in [-0.05, 0) is 42.7 Å². The van der Waals surface area contributed by atoms with Crippen molar-refractivity contribution in [3.05, 3.63) is 76.4 Å². The van der Waals surface area contributed by atoms with E-state index >= 15 is 0 Å². The van der Waals surface area contributed by atoms with Gasteiger partial charge in [0.05, 0.1) is 12.2 Å². The van der Waals surface area contributed by atoms with Crippen molar-refractivity contribution in [3.63, 3.8) is 0 Å². The van der Waals surface area contributed by atoms with Crippen LogP contribution in [0.4, 0.5) is 0 Å². The van der Waals surface area contributed by atoms with Gasteiger partial charge in [-0.25, -0.2) is 0 Å². The lowest BCUT2D eigenvalue weighted by molar-refractivity contribution is 0.0415. The second-order valence-corrected chi connectivity index (χ2v) is 7.86. The molecule has 1 aliphatic heterocycles. The van der Waals surface area contributed by atoms with Gasteiger partial charge in [0.15, 0.2) is 5.69 Å². The second kappa shape index (κ2) is 7.08. The number of likely N-dealkylation sites (tertiary alicyclic amines) is 1. The number of hydrogen-bond acceptors (Lipinski definition) is 3. The molecule has 1 N–H and O–H groups in total. The number of aliphatic hydroxyl groups is 1. The van der Waals surface area contributed by atoms with Gasteiger partial charge >= 0.3 is 0 Å². The molecule has 2 aromatic carbocycles. The lowest BCUT2D eigenvalue weighted by Gasteiger charge is -2.23. The normalized spacial score (nSPS) is 19.2. The first kappa shape index (κ1) is 18.7. The Hall–Kier alpha value is -2.63. The number of carbonyl (C=O) groups is 1. The van der Waals surface area contributed by atoms with Crippen LogP contribution in [0.1, 0.15) is 28.0 Å². The fourth-order valence-electron chi connectivity index (χ4n) is 3.69. The Morgan fingerprint density at radius 3 is 2.50 bits per heavy atom. The van der Waals surface area contributed by atoms with E-state index < -0.39 is 5.60 Å². The zero-order valence-electron chi connectivity index (χ0n) is 15.9. The summed E-state index contributed by atoms with van der Waals surface area (Å²) < 4.78 is 1.69. The highest BCUT2D eigenvalue weighted by molar-refractivity contribution is 6.30. The van der Waals surface area contributed by atoms with Gasteiger partial charge in [-0.15, -0.1) is 0 Å². The first-order valence-electron chi connectivity index (χ1n) is 9.24. The molecule has 0 bridgehead atoms. The molecule has 1 saturated heterocycles. The number of nitrogens with zero attached hydrogens (tertiary/aromatic N) is 3. The van der Waals surface area contributed by atoms with Crippen LogP contribution in [0.3, 0.4) is 0 Å². The molecule has 1 aromatic heterocycles. The van der Waals surface area contributed by atoms with Crippen molar-refractivity contribution in [2.75, 3.05) is 13.1 Å². The van der Waals surface area contributed by atoms with E-state index in [1.54, 1.807) is 15.6 Å². The highest BCUT2D eigenvalue weighted by Crippen LogP contribution is 2.33. The SMILES string of the molecule is Cc1ccc([C@@]2(O)CCN(C(=O)c3cc(-c4ccc(Cl)cc4)n(C)n3)C2)cc1. The molecule has 1 atom stereocenters. The number of benzene rings is 2. The van der Waals surface area contributed by atoms with Gasteiger partial charge < -0.3 is 10.0 Å².